The highest BCUT2D eigenvalue weighted by atomic mass is 35.5. The number of nitrogens with one attached hydrogen (secondary N) is 1. The van der Waals surface area contributed by atoms with Crippen molar-refractivity contribution in [2.45, 2.75) is 43.6 Å². The van der Waals surface area contributed by atoms with E-state index in [9.17, 15) is 19.2 Å². The highest BCUT2D eigenvalue weighted by Crippen LogP contribution is 2.47. The molecule has 2 aromatic rings. The quantitative estimate of drug-likeness (QED) is 0.611. The molecule has 9 nitrogen and oxygen atoms in total. The summed E-state index contributed by atoms with van der Waals surface area (Å²) in [5.74, 6) is -1.59. The molecule has 1 saturated heterocycles. The molecule has 1 aliphatic carbocycles. The Labute approximate surface area is 218 Å². The van der Waals surface area contributed by atoms with Gasteiger partial charge in [0.2, 0.25) is 5.91 Å². The summed E-state index contributed by atoms with van der Waals surface area (Å²) in [7, 11) is 1.47. The van der Waals surface area contributed by atoms with Crippen LogP contribution in [0.5, 0.6) is 6.01 Å². The van der Waals surface area contributed by atoms with Gasteiger partial charge in [0.15, 0.2) is 11.6 Å². The van der Waals surface area contributed by atoms with Gasteiger partial charge >= 0.3 is 6.01 Å². The number of hydrogen-bond donors (Lipinski definition) is 1. The van der Waals surface area contributed by atoms with Crippen molar-refractivity contribution in [2.24, 2.45) is 0 Å². The molecule has 1 fully saturated rings. The summed E-state index contributed by atoms with van der Waals surface area (Å²) < 4.78 is 19.0. The zero-order valence-corrected chi connectivity index (χ0v) is 21.1. The number of amides is 2. The second kappa shape index (κ2) is 9.63. The van der Waals surface area contributed by atoms with E-state index >= 15 is 0 Å². The lowest BCUT2D eigenvalue weighted by Crippen LogP contribution is -2.56. The minimum atomic E-state index is -1.07. The van der Waals surface area contributed by atoms with Gasteiger partial charge in [-0.15, -0.1) is 0 Å². The van der Waals surface area contributed by atoms with Crippen molar-refractivity contribution in [3.8, 4) is 12.1 Å². The number of nitriles is 1. The number of nitrogens with zero attached hydrogens (tertiary/aromatic N) is 5. The molecule has 1 N–H and O–H groups in total. The highest BCUT2D eigenvalue weighted by molar-refractivity contribution is 6.30. The van der Waals surface area contributed by atoms with Gasteiger partial charge in [0.25, 0.3) is 5.91 Å². The van der Waals surface area contributed by atoms with Crippen LogP contribution in [0.25, 0.3) is 0 Å². The zero-order chi connectivity index (χ0) is 26.3. The van der Waals surface area contributed by atoms with Crippen molar-refractivity contribution in [2.75, 3.05) is 37.0 Å². The lowest BCUT2D eigenvalue weighted by molar-refractivity contribution is -0.131. The van der Waals surface area contributed by atoms with E-state index in [1.165, 1.54) is 12.0 Å². The number of aryl methyl sites for hydroxylation is 1. The molecule has 5 rings (SSSR count). The van der Waals surface area contributed by atoms with Gasteiger partial charge in [-0.25, -0.2) is 4.39 Å². The average Bonchev–Trinajstić information content (AvgIpc) is 2.89. The van der Waals surface area contributed by atoms with E-state index in [1.54, 1.807) is 0 Å². The second-order valence-electron chi connectivity index (χ2n) is 9.59. The Balaban J connectivity index is 1.53. The van der Waals surface area contributed by atoms with Gasteiger partial charge < -0.3 is 19.9 Å². The molecule has 1 spiro atoms. The molecule has 192 valence electrons. The van der Waals surface area contributed by atoms with Gasteiger partial charge in [-0.3, -0.25) is 9.59 Å². The molecule has 1 aromatic carbocycles. The molecular formula is C26H26ClFN6O3. The number of ether oxygens (including phenoxy) is 1. The Morgan fingerprint density at radius 1 is 1.41 bits per heavy atom. The first kappa shape index (κ1) is 25.0. The number of carbonyl (C=O) groups is 2. The van der Waals surface area contributed by atoms with Gasteiger partial charge in [-0.2, -0.15) is 15.2 Å². The smallest absolute Gasteiger partial charge is 0.318 e. The van der Waals surface area contributed by atoms with Crippen LogP contribution in [0.4, 0.5) is 15.9 Å². The third-order valence-electron chi connectivity index (χ3n) is 7.51. The molecule has 2 atom stereocenters. The second-order valence-corrected chi connectivity index (χ2v) is 10.0. The maximum absolute atomic E-state index is 13.8. The van der Waals surface area contributed by atoms with Crippen LogP contribution in [0.15, 0.2) is 30.6 Å². The van der Waals surface area contributed by atoms with E-state index in [4.69, 9.17) is 16.3 Å². The molecule has 0 radical (unpaired) electrons. The average molecular weight is 525 g/mol. The molecule has 3 aliphatic rings. The molecular weight excluding hydrogens is 499 g/mol. The van der Waals surface area contributed by atoms with Crippen LogP contribution in [-0.2, 0) is 27.8 Å². The minimum absolute atomic E-state index is 0.00689. The first-order valence-corrected chi connectivity index (χ1v) is 12.5. The third kappa shape index (κ3) is 4.27. The molecule has 0 saturated carbocycles. The molecule has 11 heteroatoms. The maximum atomic E-state index is 13.8. The lowest BCUT2D eigenvalue weighted by atomic mass is 9.65. The zero-order valence-electron chi connectivity index (χ0n) is 20.4. The van der Waals surface area contributed by atoms with Crippen molar-refractivity contribution in [1.29, 1.82) is 5.26 Å². The Bertz CT molecular complexity index is 1340. The lowest BCUT2D eigenvalue weighted by Gasteiger charge is -2.44. The number of carbonyl (C=O) groups excluding carboxylic acids is 2. The van der Waals surface area contributed by atoms with Gasteiger partial charge in [0, 0.05) is 31.1 Å². The van der Waals surface area contributed by atoms with E-state index in [-0.39, 0.29) is 31.4 Å². The highest BCUT2D eigenvalue weighted by Gasteiger charge is 2.48. The van der Waals surface area contributed by atoms with E-state index in [2.05, 4.69) is 27.9 Å². The first-order chi connectivity index (χ1) is 17.8. The van der Waals surface area contributed by atoms with Gasteiger partial charge in [-0.05, 0) is 42.5 Å². The topological polar surface area (TPSA) is 111 Å². The van der Waals surface area contributed by atoms with E-state index in [0.717, 1.165) is 24.0 Å². The largest absolute Gasteiger partial charge is 0.467 e. The van der Waals surface area contributed by atoms with Crippen molar-refractivity contribution < 1.29 is 18.7 Å². The number of benzene rings is 1. The van der Waals surface area contributed by atoms with Crippen LogP contribution in [0.3, 0.4) is 0 Å². The summed E-state index contributed by atoms with van der Waals surface area (Å²) >= 11 is 6.33. The minimum Gasteiger partial charge on any atom is -0.467 e. The fourth-order valence-electron chi connectivity index (χ4n) is 5.75. The predicted molar refractivity (Wildman–Crippen MR) is 135 cm³/mol. The Kier molecular flexibility index (Phi) is 6.50. The van der Waals surface area contributed by atoms with Gasteiger partial charge in [0.1, 0.15) is 5.69 Å². The molecule has 1 aromatic heterocycles. The van der Waals surface area contributed by atoms with Crippen LogP contribution >= 0.6 is 11.6 Å². The van der Waals surface area contributed by atoms with E-state index < -0.39 is 23.2 Å². The fourth-order valence-corrected chi connectivity index (χ4v) is 5.92. The van der Waals surface area contributed by atoms with Crippen LogP contribution in [0, 0.1) is 11.3 Å². The number of piperazine rings is 1. The van der Waals surface area contributed by atoms with Crippen LogP contribution in [0.1, 0.15) is 36.1 Å². The number of rotatable bonds is 4. The molecule has 2 amide bonds. The summed E-state index contributed by atoms with van der Waals surface area (Å²) in [4.78, 5) is 38.4. The summed E-state index contributed by atoms with van der Waals surface area (Å²) in [6, 6.07) is 7.34. The number of hydrogen-bond acceptors (Lipinski definition) is 7. The van der Waals surface area contributed by atoms with Crippen molar-refractivity contribution in [1.82, 2.24) is 14.9 Å². The molecule has 37 heavy (non-hydrogen) atoms. The summed E-state index contributed by atoms with van der Waals surface area (Å²) in [6.07, 6.45) is 2.76. The summed E-state index contributed by atoms with van der Waals surface area (Å²) in [6.45, 7) is 3.81. The first-order valence-electron chi connectivity index (χ1n) is 12.1. The number of methoxy groups -OCH3 is 1. The Morgan fingerprint density at radius 2 is 2.22 bits per heavy atom. The number of anilines is 2. The van der Waals surface area contributed by atoms with E-state index in [1.807, 2.05) is 23.1 Å². The van der Waals surface area contributed by atoms with E-state index in [0.29, 0.717) is 41.6 Å². The summed E-state index contributed by atoms with van der Waals surface area (Å²) in [5.41, 5.74) is 2.34. The van der Waals surface area contributed by atoms with Crippen molar-refractivity contribution >= 4 is 34.9 Å². The predicted octanol–water partition coefficient (Wildman–Crippen LogP) is 3.32. The number of halogens is 2. The van der Waals surface area contributed by atoms with Gasteiger partial charge in [-0.1, -0.05) is 24.2 Å². The normalized spacial score (nSPS) is 22.5. The maximum Gasteiger partial charge on any atom is 0.318 e. The monoisotopic (exact) mass is 524 g/mol. The Morgan fingerprint density at radius 3 is 2.95 bits per heavy atom. The fraction of sp³-hybridized carbons (Fsp3) is 0.423. The number of aromatic nitrogens is 2. The van der Waals surface area contributed by atoms with Crippen molar-refractivity contribution in [3.05, 3.63) is 52.4 Å². The van der Waals surface area contributed by atoms with Crippen LogP contribution in [-0.4, -0.2) is 59.5 Å². The Hall–Kier alpha value is -3.71. The van der Waals surface area contributed by atoms with Crippen LogP contribution in [0.2, 0.25) is 5.02 Å². The molecule has 3 heterocycles. The summed E-state index contributed by atoms with van der Waals surface area (Å²) in [5, 5.41) is 13.0. The van der Waals surface area contributed by atoms with Gasteiger partial charge in [0.05, 0.1) is 36.8 Å². The number of fused-ring (bicyclic) bond motifs is 3. The van der Waals surface area contributed by atoms with Crippen molar-refractivity contribution in [3.63, 3.8) is 0 Å². The molecule has 0 bridgehead atoms. The third-order valence-corrected chi connectivity index (χ3v) is 7.74. The molecule has 2 unspecified atom stereocenters. The standard InChI is InChI=1S/C26H26ClFN6O3/c1-15(28)23(35)34-11-10-33(14-18(34)7-9-29)22-21-20(30-25(32-22)37-2)13-26(24(36)31-21)8-3-4-16-5-6-17(27)12-19(16)26/h5-6,12,18H,1,3-4,7-8,10-11,13-14H2,2H3,(H,31,36). The molecule has 2 aliphatic heterocycles. The SMILES string of the molecule is C=C(F)C(=O)N1CCN(c2nc(OC)nc3c2NC(=O)C2(CCCc4ccc(Cl)cc42)C3)CC1CC#N. The van der Waals surface area contributed by atoms with Crippen LogP contribution < -0.4 is 15.0 Å².